The van der Waals surface area contributed by atoms with Crippen molar-refractivity contribution in [3.63, 3.8) is 0 Å². The lowest BCUT2D eigenvalue weighted by atomic mass is 10.1. The second kappa shape index (κ2) is 7.65. The standard InChI is InChI=1S/C24H23N3O4/c1-2-5-21(28)26(16-12-13-16)19-14-22(29)27(24(19)30)17-10-8-15(9-11-17)23-25-18-6-3-4-7-20(18)31-23/h3-4,6-11,16,19H,2,5,12-14H2,1H3. The number of aromatic nitrogens is 1. The Morgan fingerprint density at radius 1 is 1.13 bits per heavy atom. The first-order valence-electron chi connectivity index (χ1n) is 10.7. The number of hydrogen-bond donors (Lipinski definition) is 0. The molecule has 1 unspecified atom stereocenters. The van der Waals surface area contributed by atoms with Crippen LogP contribution >= 0.6 is 0 Å². The van der Waals surface area contributed by atoms with Crippen molar-refractivity contribution >= 4 is 34.5 Å². The number of hydrogen-bond acceptors (Lipinski definition) is 5. The van der Waals surface area contributed by atoms with E-state index in [1.54, 1.807) is 29.2 Å². The topological polar surface area (TPSA) is 83.7 Å². The van der Waals surface area contributed by atoms with Gasteiger partial charge in [0.2, 0.25) is 17.7 Å². The number of rotatable bonds is 6. The smallest absolute Gasteiger partial charge is 0.257 e. The van der Waals surface area contributed by atoms with Gasteiger partial charge in [-0.1, -0.05) is 19.1 Å². The van der Waals surface area contributed by atoms with E-state index in [9.17, 15) is 14.4 Å². The molecule has 1 aliphatic carbocycles. The van der Waals surface area contributed by atoms with Crippen LogP contribution in [-0.4, -0.2) is 39.7 Å². The monoisotopic (exact) mass is 417 g/mol. The van der Waals surface area contributed by atoms with E-state index in [1.165, 1.54) is 4.90 Å². The quantitative estimate of drug-likeness (QED) is 0.568. The van der Waals surface area contributed by atoms with Crippen LogP contribution in [0.1, 0.15) is 39.0 Å². The van der Waals surface area contributed by atoms with Crippen LogP contribution in [0.15, 0.2) is 52.9 Å². The Bertz CT molecular complexity index is 1130. The summed E-state index contributed by atoms with van der Waals surface area (Å²) in [5.74, 6) is -0.158. The number of amides is 3. The molecule has 2 fully saturated rings. The van der Waals surface area contributed by atoms with Gasteiger partial charge >= 0.3 is 0 Å². The lowest BCUT2D eigenvalue weighted by Crippen LogP contribution is -2.46. The first-order chi connectivity index (χ1) is 15.1. The van der Waals surface area contributed by atoms with Crippen LogP contribution in [0.5, 0.6) is 0 Å². The molecule has 0 bridgehead atoms. The Hall–Kier alpha value is -3.48. The third-order valence-electron chi connectivity index (χ3n) is 5.82. The first-order valence-corrected chi connectivity index (χ1v) is 10.7. The maximum Gasteiger partial charge on any atom is 0.257 e. The van der Waals surface area contributed by atoms with E-state index >= 15 is 0 Å². The zero-order chi connectivity index (χ0) is 21.5. The minimum atomic E-state index is -0.698. The molecule has 0 radical (unpaired) electrons. The Balaban J connectivity index is 1.39. The van der Waals surface area contributed by atoms with Crippen LogP contribution in [-0.2, 0) is 14.4 Å². The number of imide groups is 1. The summed E-state index contributed by atoms with van der Waals surface area (Å²) in [6.07, 6.45) is 2.95. The molecule has 0 N–H and O–H groups in total. The highest BCUT2D eigenvalue weighted by Gasteiger charge is 2.48. The summed E-state index contributed by atoms with van der Waals surface area (Å²) < 4.78 is 5.79. The third-order valence-corrected chi connectivity index (χ3v) is 5.82. The van der Waals surface area contributed by atoms with Gasteiger partial charge in [-0.3, -0.25) is 14.4 Å². The van der Waals surface area contributed by atoms with Crippen molar-refractivity contribution in [3.8, 4) is 11.5 Å². The van der Waals surface area contributed by atoms with Gasteiger partial charge in [0.25, 0.3) is 5.91 Å². The number of benzene rings is 2. The zero-order valence-electron chi connectivity index (χ0n) is 17.3. The minimum absolute atomic E-state index is 0.0377. The minimum Gasteiger partial charge on any atom is -0.436 e. The Kier molecular flexibility index (Phi) is 4.81. The summed E-state index contributed by atoms with van der Waals surface area (Å²) >= 11 is 0. The van der Waals surface area contributed by atoms with Crippen LogP contribution in [0, 0.1) is 0 Å². The van der Waals surface area contributed by atoms with Crippen molar-refractivity contribution in [3.05, 3.63) is 48.5 Å². The predicted octanol–water partition coefficient (Wildman–Crippen LogP) is 3.92. The fourth-order valence-electron chi connectivity index (χ4n) is 4.18. The summed E-state index contributed by atoms with van der Waals surface area (Å²) in [6, 6.07) is 13.9. The summed E-state index contributed by atoms with van der Waals surface area (Å²) in [5.41, 5.74) is 2.72. The highest BCUT2D eigenvalue weighted by atomic mass is 16.3. The van der Waals surface area contributed by atoms with Crippen molar-refractivity contribution in [1.29, 1.82) is 0 Å². The van der Waals surface area contributed by atoms with Crippen LogP contribution < -0.4 is 4.90 Å². The average Bonchev–Trinajstić information content (AvgIpc) is 3.43. The van der Waals surface area contributed by atoms with Crippen LogP contribution in [0.4, 0.5) is 5.69 Å². The van der Waals surface area contributed by atoms with Gasteiger partial charge in [-0.25, -0.2) is 9.88 Å². The molecule has 1 aliphatic heterocycles. The molecular weight excluding hydrogens is 394 g/mol. The number of fused-ring (bicyclic) bond motifs is 1. The van der Waals surface area contributed by atoms with Gasteiger partial charge in [-0.15, -0.1) is 0 Å². The summed E-state index contributed by atoms with van der Waals surface area (Å²) in [5, 5.41) is 0. The highest BCUT2D eigenvalue weighted by Crippen LogP contribution is 2.35. The third kappa shape index (κ3) is 3.50. The predicted molar refractivity (Wildman–Crippen MR) is 115 cm³/mol. The van der Waals surface area contributed by atoms with Gasteiger partial charge < -0.3 is 9.32 Å². The summed E-state index contributed by atoms with van der Waals surface area (Å²) in [7, 11) is 0. The molecule has 1 saturated heterocycles. The molecule has 2 aliphatic rings. The van der Waals surface area contributed by atoms with E-state index < -0.39 is 6.04 Å². The first kappa shape index (κ1) is 19.5. The van der Waals surface area contributed by atoms with Gasteiger partial charge in [-0.05, 0) is 55.7 Å². The van der Waals surface area contributed by atoms with Crippen molar-refractivity contribution in [2.45, 2.75) is 51.1 Å². The lowest BCUT2D eigenvalue weighted by molar-refractivity contribution is -0.139. The largest absolute Gasteiger partial charge is 0.436 e. The highest BCUT2D eigenvalue weighted by molar-refractivity contribution is 6.23. The molecule has 1 atom stereocenters. The molecule has 5 rings (SSSR count). The second-order valence-electron chi connectivity index (χ2n) is 8.10. The molecule has 3 aromatic rings. The SMILES string of the molecule is CCCC(=O)N(C1CC1)C1CC(=O)N(c2ccc(-c3nc4ccccc4o3)cc2)C1=O. The molecule has 2 aromatic carbocycles. The molecule has 31 heavy (non-hydrogen) atoms. The number of anilines is 1. The Morgan fingerprint density at radius 3 is 2.55 bits per heavy atom. The van der Waals surface area contributed by atoms with Crippen molar-refractivity contribution in [2.24, 2.45) is 0 Å². The number of carbonyl (C=O) groups excluding carboxylic acids is 3. The van der Waals surface area contributed by atoms with Gasteiger partial charge in [0.15, 0.2) is 5.58 Å². The zero-order valence-corrected chi connectivity index (χ0v) is 17.3. The molecule has 0 spiro atoms. The maximum absolute atomic E-state index is 13.2. The number of para-hydroxylation sites is 2. The fourth-order valence-corrected chi connectivity index (χ4v) is 4.18. The van der Waals surface area contributed by atoms with Crippen LogP contribution in [0.2, 0.25) is 0 Å². The number of carbonyl (C=O) groups is 3. The van der Waals surface area contributed by atoms with E-state index in [2.05, 4.69) is 4.98 Å². The van der Waals surface area contributed by atoms with Gasteiger partial charge in [0.05, 0.1) is 12.1 Å². The number of oxazole rings is 1. The lowest BCUT2D eigenvalue weighted by Gasteiger charge is -2.27. The normalized spacial score (nSPS) is 18.7. The van der Waals surface area contributed by atoms with Gasteiger partial charge in [-0.2, -0.15) is 0 Å². The van der Waals surface area contributed by atoms with E-state index in [4.69, 9.17) is 4.42 Å². The fraction of sp³-hybridized carbons (Fsp3) is 0.333. The van der Waals surface area contributed by atoms with Gasteiger partial charge in [0.1, 0.15) is 11.6 Å². The Labute approximate surface area is 179 Å². The Morgan fingerprint density at radius 2 is 1.87 bits per heavy atom. The van der Waals surface area contributed by atoms with E-state index in [1.807, 2.05) is 31.2 Å². The summed E-state index contributed by atoms with van der Waals surface area (Å²) in [6.45, 7) is 1.94. The molecule has 7 nitrogen and oxygen atoms in total. The van der Waals surface area contributed by atoms with Crippen molar-refractivity contribution in [2.75, 3.05) is 4.90 Å². The van der Waals surface area contributed by atoms with Crippen LogP contribution in [0.3, 0.4) is 0 Å². The van der Waals surface area contributed by atoms with E-state index in [0.717, 1.165) is 30.3 Å². The van der Waals surface area contributed by atoms with Crippen molar-refractivity contribution < 1.29 is 18.8 Å². The average molecular weight is 417 g/mol. The molecule has 158 valence electrons. The van der Waals surface area contributed by atoms with Gasteiger partial charge in [0, 0.05) is 18.0 Å². The molecule has 2 heterocycles. The molecule has 1 aromatic heterocycles. The second-order valence-corrected chi connectivity index (χ2v) is 8.10. The van der Waals surface area contributed by atoms with E-state index in [-0.39, 0.29) is 30.2 Å². The molecule has 1 saturated carbocycles. The maximum atomic E-state index is 13.2. The summed E-state index contributed by atoms with van der Waals surface area (Å²) in [4.78, 5) is 45.8. The molecular formula is C24H23N3O4. The van der Waals surface area contributed by atoms with Crippen molar-refractivity contribution in [1.82, 2.24) is 9.88 Å². The number of nitrogens with zero attached hydrogens (tertiary/aromatic N) is 3. The van der Waals surface area contributed by atoms with Crippen LogP contribution in [0.25, 0.3) is 22.6 Å². The van der Waals surface area contributed by atoms with E-state index in [0.29, 0.717) is 23.6 Å². The molecule has 7 heteroatoms. The molecule has 3 amide bonds.